The van der Waals surface area contributed by atoms with Crippen molar-refractivity contribution in [1.29, 1.82) is 0 Å². The van der Waals surface area contributed by atoms with Crippen LogP contribution >= 0.6 is 0 Å². The number of anilines is 2. The first-order chi connectivity index (χ1) is 26.7. The number of hydrogen-bond acceptors (Lipinski definition) is 8. The Morgan fingerprint density at radius 1 is 0.855 bits per heavy atom. The number of imide groups is 1. The zero-order valence-electron chi connectivity index (χ0n) is 30.3. The molecule has 1 N–H and O–H groups in total. The highest BCUT2D eigenvalue weighted by molar-refractivity contribution is 5.99. The molecule has 9 rings (SSSR count). The standard InChI is InChI=1S/C41H40F3N9O2/c1-49(22-27-18-25-23-51(24-26(25)19-32(27)43)36-9-10-39(54)48-41(36)55)29-11-15-50(16-12-29)37-6-2-4-34(46-37)31-21-45-53-17-13-38(47-40(31)53)52-14-3-5-35(52)30-8-7-28(42)20-33(30)44/h2,4,6-8,13,17-21,23-24,29,35-36H,3,5,9-12,14-16,22H2,1H3,(H,48,54,55)/t35-,36?/m1/s1. The molecule has 3 aliphatic rings. The Hall–Kier alpha value is -5.76. The minimum Gasteiger partial charge on any atom is -0.356 e. The van der Waals surface area contributed by atoms with Gasteiger partial charge in [0, 0.05) is 79.8 Å². The summed E-state index contributed by atoms with van der Waals surface area (Å²) in [6.45, 7) is 2.73. The van der Waals surface area contributed by atoms with Crippen molar-refractivity contribution in [3.05, 3.63) is 108 Å². The van der Waals surface area contributed by atoms with Crippen LogP contribution in [0, 0.1) is 17.5 Å². The molecule has 2 atom stereocenters. The molecule has 282 valence electrons. The quantitative estimate of drug-likeness (QED) is 0.174. The molecule has 3 saturated heterocycles. The Morgan fingerprint density at radius 3 is 2.47 bits per heavy atom. The fraction of sp³-hybridized carbons (Fsp3) is 0.341. The van der Waals surface area contributed by atoms with E-state index in [0.717, 1.165) is 72.7 Å². The Labute approximate surface area is 315 Å². The van der Waals surface area contributed by atoms with Crippen LogP contribution in [0.25, 0.3) is 27.7 Å². The fourth-order valence-electron chi connectivity index (χ4n) is 8.52. The van der Waals surface area contributed by atoms with E-state index in [0.29, 0.717) is 42.1 Å². The summed E-state index contributed by atoms with van der Waals surface area (Å²) in [4.78, 5) is 40.6. The molecular formula is C41H40F3N9O2. The lowest BCUT2D eigenvalue weighted by atomic mass is 10.0. The second-order valence-electron chi connectivity index (χ2n) is 14.9. The van der Waals surface area contributed by atoms with Gasteiger partial charge in [0.05, 0.1) is 23.5 Å². The molecule has 7 heterocycles. The van der Waals surface area contributed by atoms with Gasteiger partial charge in [-0.05, 0) is 80.9 Å². The number of rotatable bonds is 8. The number of benzene rings is 2. The lowest BCUT2D eigenvalue weighted by molar-refractivity contribution is -0.135. The highest BCUT2D eigenvalue weighted by Gasteiger charge is 2.31. The van der Waals surface area contributed by atoms with Gasteiger partial charge in [-0.3, -0.25) is 19.8 Å². The molecular weight excluding hydrogens is 708 g/mol. The zero-order valence-corrected chi connectivity index (χ0v) is 30.3. The summed E-state index contributed by atoms with van der Waals surface area (Å²) in [7, 11) is 2.03. The lowest BCUT2D eigenvalue weighted by Gasteiger charge is -2.37. The molecule has 3 fully saturated rings. The number of halogens is 3. The van der Waals surface area contributed by atoms with Crippen LogP contribution in [0.2, 0.25) is 0 Å². The maximum Gasteiger partial charge on any atom is 0.249 e. The monoisotopic (exact) mass is 747 g/mol. The van der Waals surface area contributed by atoms with Crippen LogP contribution in [0.4, 0.5) is 24.8 Å². The van der Waals surface area contributed by atoms with Gasteiger partial charge in [-0.2, -0.15) is 5.10 Å². The van der Waals surface area contributed by atoms with Gasteiger partial charge in [0.25, 0.3) is 0 Å². The highest BCUT2D eigenvalue weighted by Crippen LogP contribution is 2.37. The van der Waals surface area contributed by atoms with Crippen molar-refractivity contribution in [3.63, 3.8) is 0 Å². The van der Waals surface area contributed by atoms with Gasteiger partial charge in [0.15, 0.2) is 5.65 Å². The molecule has 1 unspecified atom stereocenters. The average Bonchev–Trinajstić information content (AvgIpc) is 3.94. The predicted molar refractivity (Wildman–Crippen MR) is 202 cm³/mol. The molecule has 6 aromatic rings. The number of carbonyl (C=O) groups excluding carboxylic acids is 2. The van der Waals surface area contributed by atoms with Crippen LogP contribution in [0.5, 0.6) is 0 Å². The highest BCUT2D eigenvalue weighted by atomic mass is 19.1. The van der Waals surface area contributed by atoms with E-state index in [2.05, 4.69) is 25.1 Å². The van der Waals surface area contributed by atoms with Gasteiger partial charge in [-0.1, -0.05) is 12.1 Å². The number of amides is 2. The number of fused-ring (bicyclic) bond motifs is 2. The average molecular weight is 748 g/mol. The summed E-state index contributed by atoms with van der Waals surface area (Å²) in [6, 6.07) is 14.5. The molecule has 14 heteroatoms. The Balaban J connectivity index is 0.872. The Bertz CT molecular complexity index is 2440. The van der Waals surface area contributed by atoms with E-state index in [1.165, 1.54) is 18.2 Å². The molecule has 11 nitrogen and oxygen atoms in total. The predicted octanol–water partition coefficient (Wildman–Crippen LogP) is 6.58. The Kier molecular flexibility index (Phi) is 8.99. The number of nitrogens with one attached hydrogen (secondary N) is 1. The first-order valence-electron chi connectivity index (χ1n) is 18.8. The SMILES string of the molecule is CN(Cc1cc2cn(C3CCC(=O)NC3=O)cc2cc1F)C1CCN(c2cccc(-c3cnn4ccc(N5CCC[C@@H]5c5ccc(F)cc5F)nc34)n2)CC1. The molecule has 55 heavy (non-hydrogen) atoms. The fourth-order valence-corrected chi connectivity index (χ4v) is 8.52. The molecule has 0 saturated carbocycles. The second kappa shape index (κ2) is 14.1. The third-order valence-electron chi connectivity index (χ3n) is 11.5. The minimum atomic E-state index is -0.593. The van der Waals surface area contributed by atoms with Crippen molar-refractivity contribution in [2.45, 2.75) is 63.2 Å². The third-order valence-corrected chi connectivity index (χ3v) is 11.5. The van der Waals surface area contributed by atoms with E-state index in [1.807, 2.05) is 49.8 Å². The summed E-state index contributed by atoms with van der Waals surface area (Å²) in [5.74, 6) is -0.459. The summed E-state index contributed by atoms with van der Waals surface area (Å²) < 4.78 is 47.3. The van der Waals surface area contributed by atoms with E-state index in [1.54, 1.807) is 21.5 Å². The van der Waals surface area contributed by atoms with Gasteiger partial charge >= 0.3 is 0 Å². The normalized spacial score (nSPS) is 19.7. The van der Waals surface area contributed by atoms with Crippen LogP contribution in [0.1, 0.15) is 61.7 Å². The number of piperidine rings is 2. The van der Waals surface area contributed by atoms with Crippen LogP contribution in [-0.4, -0.2) is 73.6 Å². The molecule has 3 aliphatic heterocycles. The maximum atomic E-state index is 15.4. The number of aromatic nitrogens is 5. The first-order valence-corrected chi connectivity index (χ1v) is 18.8. The molecule has 0 spiro atoms. The number of nitrogens with zero attached hydrogens (tertiary/aromatic N) is 8. The summed E-state index contributed by atoms with van der Waals surface area (Å²) in [5, 5.41) is 8.51. The number of carbonyl (C=O) groups is 2. The van der Waals surface area contributed by atoms with E-state index in [4.69, 9.17) is 9.97 Å². The third kappa shape index (κ3) is 6.68. The Morgan fingerprint density at radius 2 is 1.67 bits per heavy atom. The first kappa shape index (κ1) is 35.0. The van der Waals surface area contributed by atoms with Crippen molar-refractivity contribution >= 4 is 39.9 Å². The van der Waals surface area contributed by atoms with Crippen LogP contribution in [0.15, 0.2) is 79.4 Å². The van der Waals surface area contributed by atoms with Crippen LogP contribution in [0.3, 0.4) is 0 Å². The van der Waals surface area contributed by atoms with Crippen molar-refractivity contribution in [3.8, 4) is 11.3 Å². The van der Waals surface area contributed by atoms with Crippen molar-refractivity contribution in [1.82, 2.24) is 34.4 Å². The molecule has 2 amide bonds. The number of pyridine rings is 1. The summed E-state index contributed by atoms with van der Waals surface area (Å²) in [6.07, 6.45) is 11.3. The van der Waals surface area contributed by atoms with Gasteiger partial charge in [-0.15, -0.1) is 0 Å². The number of hydrogen-bond donors (Lipinski definition) is 1. The second-order valence-corrected chi connectivity index (χ2v) is 14.9. The van der Waals surface area contributed by atoms with Crippen molar-refractivity contribution in [2.24, 2.45) is 0 Å². The topological polar surface area (TPSA) is 104 Å². The molecule has 0 radical (unpaired) electrons. The van der Waals surface area contributed by atoms with E-state index in [9.17, 15) is 18.4 Å². The maximum absolute atomic E-state index is 15.4. The summed E-state index contributed by atoms with van der Waals surface area (Å²) in [5.41, 5.74) is 3.24. The van der Waals surface area contributed by atoms with E-state index < -0.39 is 17.7 Å². The molecule has 0 aliphatic carbocycles. The van der Waals surface area contributed by atoms with Crippen LogP contribution < -0.4 is 15.1 Å². The summed E-state index contributed by atoms with van der Waals surface area (Å²) >= 11 is 0. The van der Waals surface area contributed by atoms with E-state index >= 15 is 4.39 Å². The van der Waals surface area contributed by atoms with E-state index in [-0.39, 0.29) is 36.1 Å². The minimum absolute atomic E-state index is 0.243. The molecule has 0 bridgehead atoms. The van der Waals surface area contributed by atoms with Gasteiger partial charge in [0.1, 0.15) is 35.1 Å². The largest absolute Gasteiger partial charge is 0.356 e. The van der Waals surface area contributed by atoms with Gasteiger partial charge in [-0.25, -0.2) is 27.7 Å². The van der Waals surface area contributed by atoms with Crippen molar-refractivity contribution < 1.29 is 22.8 Å². The van der Waals surface area contributed by atoms with Gasteiger partial charge < -0.3 is 14.4 Å². The van der Waals surface area contributed by atoms with Crippen molar-refractivity contribution in [2.75, 3.05) is 36.5 Å². The molecule has 4 aromatic heterocycles. The lowest BCUT2D eigenvalue weighted by Crippen LogP contribution is -2.43. The zero-order chi connectivity index (χ0) is 37.8. The van der Waals surface area contributed by atoms with Crippen LogP contribution in [-0.2, 0) is 16.1 Å². The molecule has 2 aromatic carbocycles. The van der Waals surface area contributed by atoms with Gasteiger partial charge in [0.2, 0.25) is 11.8 Å². The smallest absolute Gasteiger partial charge is 0.249 e.